The largest absolute Gasteiger partial charge is 0.298 e. The Morgan fingerprint density at radius 1 is 1.65 bits per heavy atom. The molecule has 0 fully saturated rings. The van der Waals surface area contributed by atoms with Gasteiger partial charge in [-0.2, -0.15) is 5.26 Å². The number of nitriles is 1. The third-order valence-electron chi connectivity index (χ3n) is 2.24. The molecule has 0 aromatic carbocycles. The second-order valence-electron chi connectivity index (χ2n) is 3.56. The monoisotopic (exact) mass is 230 g/mol. The smallest absolute Gasteiger partial charge is 0.122 e. The number of aromatic nitrogens is 1. The van der Waals surface area contributed by atoms with Gasteiger partial charge in [-0.15, -0.1) is 0 Å². The van der Waals surface area contributed by atoms with Gasteiger partial charge in [-0.05, 0) is 31.5 Å². The quantitative estimate of drug-likeness (QED) is 0.351. The van der Waals surface area contributed by atoms with Crippen molar-refractivity contribution in [1.82, 2.24) is 10.3 Å². The lowest BCUT2D eigenvalue weighted by Crippen LogP contribution is -2.21. The van der Waals surface area contributed by atoms with E-state index in [1.807, 2.05) is 19.1 Å². The lowest BCUT2D eigenvalue weighted by Gasteiger charge is -2.10. The van der Waals surface area contributed by atoms with Crippen molar-refractivity contribution in [2.75, 3.05) is 13.1 Å². The number of aryl methyl sites for hydroxylation is 1. The zero-order valence-electron chi connectivity index (χ0n) is 9.67. The number of rotatable bonds is 6. The molecule has 1 atom stereocenters. The summed E-state index contributed by atoms with van der Waals surface area (Å²) in [6.45, 7) is 2.97. The molecule has 1 rings (SSSR count). The predicted octanol–water partition coefficient (Wildman–Crippen LogP) is 2.24. The van der Waals surface area contributed by atoms with Crippen molar-refractivity contribution < 1.29 is 0 Å². The van der Waals surface area contributed by atoms with E-state index in [-0.39, 0.29) is 6.04 Å². The van der Waals surface area contributed by atoms with Crippen LogP contribution in [0.15, 0.2) is 23.4 Å². The number of nitrogens with one attached hydrogen (secondary N) is 1. The summed E-state index contributed by atoms with van der Waals surface area (Å²) in [7, 11) is 0. The first kappa shape index (κ1) is 13.0. The van der Waals surface area contributed by atoms with E-state index in [4.69, 9.17) is 10.8 Å². The van der Waals surface area contributed by atoms with Crippen LogP contribution in [0.3, 0.4) is 0 Å². The topological polar surface area (TPSA) is 97.5 Å². The highest BCUT2D eigenvalue weighted by Gasteiger charge is 2.08. The van der Waals surface area contributed by atoms with Crippen molar-refractivity contribution in [3.05, 3.63) is 40.0 Å². The molecule has 0 aliphatic heterocycles. The summed E-state index contributed by atoms with van der Waals surface area (Å²) < 4.78 is 0. The van der Waals surface area contributed by atoms with Crippen LogP contribution in [0.1, 0.15) is 23.7 Å². The molecule has 1 N–H and O–H groups in total. The van der Waals surface area contributed by atoms with E-state index in [1.165, 1.54) is 0 Å². The predicted molar refractivity (Wildman–Crippen MR) is 64.0 cm³/mol. The Bertz CT molecular complexity index is 426. The van der Waals surface area contributed by atoms with E-state index < -0.39 is 0 Å². The SMILES string of the molecule is Cc1ccc(C(C#N)NCCCN=[N+]=[N-])cn1. The molecule has 0 saturated carbocycles. The Hall–Kier alpha value is -2.09. The van der Waals surface area contributed by atoms with Crippen LogP contribution in [0, 0.1) is 18.3 Å². The molecule has 17 heavy (non-hydrogen) atoms. The van der Waals surface area contributed by atoms with Crippen molar-refractivity contribution >= 4 is 0 Å². The van der Waals surface area contributed by atoms with Crippen molar-refractivity contribution in [1.29, 1.82) is 5.26 Å². The van der Waals surface area contributed by atoms with E-state index in [2.05, 4.69) is 26.4 Å². The van der Waals surface area contributed by atoms with Crippen LogP contribution >= 0.6 is 0 Å². The molecule has 1 aromatic heterocycles. The average molecular weight is 230 g/mol. The van der Waals surface area contributed by atoms with Crippen LogP contribution in [0.4, 0.5) is 0 Å². The van der Waals surface area contributed by atoms with E-state index in [0.717, 1.165) is 11.3 Å². The van der Waals surface area contributed by atoms with Gasteiger partial charge in [0.1, 0.15) is 6.04 Å². The zero-order chi connectivity index (χ0) is 12.5. The second kappa shape index (κ2) is 7.23. The van der Waals surface area contributed by atoms with E-state index in [1.54, 1.807) is 6.20 Å². The minimum absolute atomic E-state index is 0.367. The molecule has 88 valence electrons. The summed E-state index contributed by atoms with van der Waals surface area (Å²) in [4.78, 5) is 6.81. The first-order chi connectivity index (χ1) is 8.27. The fourth-order valence-corrected chi connectivity index (χ4v) is 1.33. The van der Waals surface area contributed by atoms with Crippen molar-refractivity contribution in [3.63, 3.8) is 0 Å². The molecular weight excluding hydrogens is 216 g/mol. The Balaban J connectivity index is 2.46. The van der Waals surface area contributed by atoms with Crippen LogP contribution in [0.2, 0.25) is 0 Å². The maximum absolute atomic E-state index is 9.03. The van der Waals surface area contributed by atoms with Crippen LogP contribution < -0.4 is 5.32 Å². The molecule has 0 spiro atoms. The standard InChI is InChI=1S/C11H14N6/c1-9-3-4-10(8-15-9)11(7-12)14-5-2-6-16-17-13/h3-4,8,11,14H,2,5-6H2,1H3. The second-order valence-corrected chi connectivity index (χ2v) is 3.56. The van der Waals surface area contributed by atoms with Gasteiger partial charge in [0, 0.05) is 28.9 Å². The molecule has 1 heterocycles. The Morgan fingerprint density at radius 3 is 3.06 bits per heavy atom. The highest BCUT2D eigenvalue weighted by atomic mass is 15.1. The molecule has 0 aliphatic rings. The van der Waals surface area contributed by atoms with Gasteiger partial charge in [0.15, 0.2) is 0 Å². The molecule has 0 radical (unpaired) electrons. The Kier molecular flexibility index (Phi) is 5.52. The molecule has 1 aromatic rings. The summed E-state index contributed by atoms with van der Waals surface area (Å²) >= 11 is 0. The summed E-state index contributed by atoms with van der Waals surface area (Å²) in [5.74, 6) is 0. The minimum atomic E-state index is -0.367. The molecule has 0 aliphatic carbocycles. The van der Waals surface area contributed by atoms with Crippen LogP contribution in [0.25, 0.3) is 10.4 Å². The first-order valence-corrected chi connectivity index (χ1v) is 5.34. The highest BCUT2D eigenvalue weighted by molar-refractivity contribution is 5.22. The van der Waals surface area contributed by atoms with Gasteiger partial charge in [0.25, 0.3) is 0 Å². The first-order valence-electron chi connectivity index (χ1n) is 5.34. The van der Waals surface area contributed by atoms with Crippen LogP contribution in [-0.2, 0) is 0 Å². The molecule has 0 bridgehead atoms. The molecular formula is C11H14N6. The van der Waals surface area contributed by atoms with Crippen molar-refractivity contribution in [3.8, 4) is 6.07 Å². The summed E-state index contributed by atoms with van der Waals surface area (Å²) in [6, 6.07) is 5.57. The van der Waals surface area contributed by atoms with Gasteiger partial charge >= 0.3 is 0 Å². The maximum Gasteiger partial charge on any atom is 0.122 e. The van der Waals surface area contributed by atoms with Gasteiger partial charge in [0.2, 0.25) is 0 Å². The van der Waals surface area contributed by atoms with E-state index in [9.17, 15) is 0 Å². The maximum atomic E-state index is 9.03. The normalized spacial score (nSPS) is 11.3. The minimum Gasteiger partial charge on any atom is -0.298 e. The molecule has 6 nitrogen and oxygen atoms in total. The molecule has 1 unspecified atom stereocenters. The third-order valence-corrected chi connectivity index (χ3v) is 2.24. The van der Waals surface area contributed by atoms with Gasteiger partial charge in [0.05, 0.1) is 6.07 Å². The third kappa shape index (κ3) is 4.51. The summed E-state index contributed by atoms with van der Waals surface area (Å²) in [6.07, 6.45) is 2.41. The summed E-state index contributed by atoms with van der Waals surface area (Å²) in [5.41, 5.74) is 9.88. The van der Waals surface area contributed by atoms with Gasteiger partial charge in [-0.1, -0.05) is 11.2 Å². The van der Waals surface area contributed by atoms with Crippen molar-refractivity contribution in [2.45, 2.75) is 19.4 Å². The Labute approximate surface area is 99.9 Å². The number of nitrogens with zero attached hydrogens (tertiary/aromatic N) is 5. The highest BCUT2D eigenvalue weighted by Crippen LogP contribution is 2.10. The van der Waals surface area contributed by atoms with Crippen LogP contribution in [-0.4, -0.2) is 18.1 Å². The molecule has 0 saturated heterocycles. The van der Waals surface area contributed by atoms with E-state index in [0.29, 0.717) is 19.5 Å². The molecule has 6 heteroatoms. The fourth-order valence-electron chi connectivity index (χ4n) is 1.33. The van der Waals surface area contributed by atoms with Crippen LogP contribution in [0.5, 0.6) is 0 Å². The number of hydrogen-bond acceptors (Lipinski definition) is 4. The van der Waals surface area contributed by atoms with Gasteiger partial charge in [-0.3, -0.25) is 10.3 Å². The van der Waals surface area contributed by atoms with E-state index >= 15 is 0 Å². The lowest BCUT2D eigenvalue weighted by atomic mass is 10.1. The number of hydrogen-bond donors (Lipinski definition) is 1. The Morgan fingerprint density at radius 2 is 2.47 bits per heavy atom. The fraction of sp³-hybridized carbons (Fsp3) is 0.455. The zero-order valence-corrected chi connectivity index (χ0v) is 9.67. The average Bonchev–Trinajstić information content (AvgIpc) is 2.35. The summed E-state index contributed by atoms with van der Waals surface area (Å²) in [5, 5.41) is 15.5. The molecule has 0 amide bonds. The number of pyridine rings is 1. The lowest BCUT2D eigenvalue weighted by molar-refractivity contribution is 0.606. The van der Waals surface area contributed by atoms with Crippen molar-refractivity contribution in [2.24, 2.45) is 5.11 Å². The van der Waals surface area contributed by atoms with Gasteiger partial charge < -0.3 is 0 Å². The van der Waals surface area contributed by atoms with Gasteiger partial charge in [-0.25, -0.2) is 0 Å². The number of azide groups is 1.